The van der Waals surface area contributed by atoms with Crippen LogP contribution < -0.4 is 9.47 Å². The molecule has 4 fully saturated rings. The molecule has 1 aromatic carbocycles. The predicted octanol–water partition coefficient (Wildman–Crippen LogP) is 6.26. The van der Waals surface area contributed by atoms with Crippen molar-refractivity contribution in [3.63, 3.8) is 0 Å². The average molecular weight is 435 g/mol. The van der Waals surface area contributed by atoms with Gasteiger partial charge in [-0.15, -0.1) is 0 Å². The number of benzene rings is 1. The largest absolute Gasteiger partial charge is 0.426 e. The standard InChI is InChI=1S/C28H34O4/c1-17-25(3,4)19-10-12-27(17,15-19)23(29)31-21-8-7-9-22(14-21)32-24(30)28-13-11-20(16-28)26(5,6)18(28)2/h7-9,14,19-20H,1-2,10-13,15-16H2,3-6H3. The van der Waals surface area contributed by atoms with Gasteiger partial charge in [-0.2, -0.15) is 0 Å². The Morgan fingerprint density at radius 1 is 0.812 bits per heavy atom. The molecule has 0 N–H and O–H groups in total. The third-order valence-electron chi connectivity index (χ3n) is 9.79. The topological polar surface area (TPSA) is 52.6 Å². The molecule has 4 saturated carbocycles. The van der Waals surface area contributed by atoms with Crippen LogP contribution in [0.1, 0.15) is 66.2 Å². The number of hydrogen-bond acceptors (Lipinski definition) is 4. The van der Waals surface area contributed by atoms with Crippen LogP contribution in [0.4, 0.5) is 0 Å². The number of fused-ring (bicyclic) bond motifs is 4. The van der Waals surface area contributed by atoms with Crippen molar-refractivity contribution in [3.05, 3.63) is 48.6 Å². The lowest BCUT2D eigenvalue weighted by Gasteiger charge is -2.36. The van der Waals surface area contributed by atoms with Crippen LogP contribution in [0.25, 0.3) is 0 Å². The first kappa shape index (κ1) is 21.5. The van der Waals surface area contributed by atoms with Gasteiger partial charge in [0.1, 0.15) is 11.5 Å². The molecule has 1 aromatic rings. The molecule has 0 amide bonds. The number of hydrogen-bond donors (Lipinski definition) is 0. The Kier molecular flexibility index (Phi) is 4.42. The van der Waals surface area contributed by atoms with Gasteiger partial charge in [-0.05, 0) is 73.3 Å². The molecular weight excluding hydrogens is 400 g/mol. The summed E-state index contributed by atoms with van der Waals surface area (Å²) in [6.45, 7) is 17.3. The lowest BCUT2D eigenvalue weighted by molar-refractivity contribution is -0.143. The summed E-state index contributed by atoms with van der Waals surface area (Å²) in [5.41, 5.74) is 0.726. The molecule has 0 spiro atoms. The van der Waals surface area contributed by atoms with E-state index in [2.05, 4.69) is 40.9 Å². The van der Waals surface area contributed by atoms with Crippen LogP contribution in [-0.2, 0) is 9.59 Å². The maximum atomic E-state index is 13.3. The molecule has 0 aromatic heterocycles. The minimum Gasteiger partial charge on any atom is -0.426 e. The second kappa shape index (κ2) is 6.59. The Labute approximate surface area is 191 Å². The Balaban J connectivity index is 1.32. The van der Waals surface area contributed by atoms with Crippen LogP contribution in [0.2, 0.25) is 0 Å². The maximum absolute atomic E-state index is 13.3. The van der Waals surface area contributed by atoms with Gasteiger partial charge in [-0.3, -0.25) is 9.59 Å². The molecule has 0 aliphatic heterocycles. The first-order chi connectivity index (χ1) is 14.9. The van der Waals surface area contributed by atoms with Gasteiger partial charge in [0.25, 0.3) is 0 Å². The number of carbonyl (C=O) groups excluding carboxylic acids is 2. The molecule has 0 heterocycles. The van der Waals surface area contributed by atoms with E-state index in [1.165, 1.54) is 0 Å². The predicted molar refractivity (Wildman–Crippen MR) is 123 cm³/mol. The quantitative estimate of drug-likeness (QED) is 0.319. The Hall–Kier alpha value is -2.36. The lowest BCUT2D eigenvalue weighted by atomic mass is 9.68. The van der Waals surface area contributed by atoms with Crippen molar-refractivity contribution in [1.29, 1.82) is 0 Å². The highest BCUT2D eigenvalue weighted by Gasteiger charge is 2.63. The Bertz CT molecular complexity index is 968. The highest BCUT2D eigenvalue weighted by Crippen LogP contribution is 2.66. The molecule has 4 bridgehead atoms. The van der Waals surface area contributed by atoms with Crippen molar-refractivity contribution in [3.8, 4) is 11.5 Å². The molecule has 0 saturated heterocycles. The molecule has 0 radical (unpaired) electrons. The summed E-state index contributed by atoms with van der Waals surface area (Å²) < 4.78 is 11.7. The van der Waals surface area contributed by atoms with Crippen LogP contribution in [0, 0.1) is 33.5 Å². The molecule has 5 rings (SSSR count). The van der Waals surface area contributed by atoms with Crippen molar-refractivity contribution in [2.24, 2.45) is 33.5 Å². The van der Waals surface area contributed by atoms with Gasteiger partial charge in [0.15, 0.2) is 0 Å². The third-order valence-corrected chi connectivity index (χ3v) is 9.79. The molecule has 32 heavy (non-hydrogen) atoms. The van der Waals surface area contributed by atoms with Crippen molar-refractivity contribution in [1.82, 2.24) is 0 Å². The van der Waals surface area contributed by atoms with E-state index in [1.807, 2.05) is 0 Å². The maximum Gasteiger partial charge on any atom is 0.321 e. The zero-order valence-electron chi connectivity index (χ0n) is 19.8. The van der Waals surface area contributed by atoms with Gasteiger partial charge < -0.3 is 9.47 Å². The van der Waals surface area contributed by atoms with E-state index in [9.17, 15) is 9.59 Å². The minimum absolute atomic E-state index is 0.0372. The number of esters is 2. The fourth-order valence-electron chi connectivity index (χ4n) is 7.22. The molecule has 4 heteroatoms. The van der Waals surface area contributed by atoms with Crippen molar-refractivity contribution < 1.29 is 19.1 Å². The molecular formula is C28H34O4. The zero-order chi connectivity index (χ0) is 23.1. The number of carbonyl (C=O) groups is 2. The molecule has 4 aliphatic rings. The van der Waals surface area contributed by atoms with Gasteiger partial charge in [-0.25, -0.2) is 0 Å². The number of ether oxygens (including phenoxy) is 2. The van der Waals surface area contributed by atoms with E-state index < -0.39 is 10.8 Å². The minimum atomic E-state index is -0.591. The molecule has 4 unspecified atom stereocenters. The summed E-state index contributed by atoms with van der Waals surface area (Å²) in [5.74, 6) is 1.30. The van der Waals surface area contributed by atoms with E-state index in [0.717, 1.165) is 49.7 Å². The Morgan fingerprint density at radius 2 is 1.22 bits per heavy atom. The first-order valence-electron chi connectivity index (χ1n) is 11.9. The summed E-state index contributed by atoms with van der Waals surface area (Å²) in [4.78, 5) is 26.5. The molecule has 4 nitrogen and oxygen atoms in total. The monoisotopic (exact) mass is 434 g/mol. The SMILES string of the molecule is C=C1C2(C(=O)Oc3cccc(OC(=O)C45CCC(C4)C(C)(C)C5=C)c3)CCC(C2)C1(C)C. The van der Waals surface area contributed by atoms with Crippen LogP contribution in [0.5, 0.6) is 11.5 Å². The normalized spacial score (nSPS) is 35.9. The summed E-state index contributed by atoms with van der Waals surface area (Å²) in [6, 6.07) is 6.88. The van der Waals surface area contributed by atoms with E-state index in [-0.39, 0.29) is 22.8 Å². The second-order valence-electron chi connectivity index (χ2n) is 11.7. The summed E-state index contributed by atoms with van der Waals surface area (Å²) in [5, 5.41) is 0. The van der Waals surface area contributed by atoms with Crippen molar-refractivity contribution >= 4 is 11.9 Å². The van der Waals surface area contributed by atoms with E-state index >= 15 is 0 Å². The van der Waals surface area contributed by atoms with Crippen LogP contribution in [-0.4, -0.2) is 11.9 Å². The zero-order valence-corrected chi connectivity index (χ0v) is 19.8. The first-order valence-corrected chi connectivity index (χ1v) is 11.9. The molecule has 4 aliphatic carbocycles. The van der Waals surface area contributed by atoms with E-state index in [4.69, 9.17) is 9.47 Å². The van der Waals surface area contributed by atoms with E-state index in [0.29, 0.717) is 23.3 Å². The second-order valence-corrected chi connectivity index (χ2v) is 11.7. The third kappa shape index (κ3) is 2.67. The van der Waals surface area contributed by atoms with Crippen LogP contribution in [0.3, 0.4) is 0 Å². The van der Waals surface area contributed by atoms with Gasteiger partial charge in [0.2, 0.25) is 0 Å². The molecule has 170 valence electrons. The highest BCUT2D eigenvalue weighted by molar-refractivity contribution is 5.86. The summed E-state index contributed by atoms with van der Waals surface area (Å²) >= 11 is 0. The fraction of sp³-hybridized carbons (Fsp3) is 0.571. The highest BCUT2D eigenvalue weighted by atomic mass is 16.5. The average Bonchev–Trinajstić information content (AvgIpc) is 3.46. The van der Waals surface area contributed by atoms with Gasteiger partial charge in [0, 0.05) is 6.07 Å². The number of rotatable bonds is 4. The van der Waals surface area contributed by atoms with Crippen LogP contribution >= 0.6 is 0 Å². The van der Waals surface area contributed by atoms with Gasteiger partial charge >= 0.3 is 11.9 Å². The summed E-state index contributed by atoms with van der Waals surface area (Å²) in [7, 11) is 0. The van der Waals surface area contributed by atoms with Gasteiger partial charge in [-0.1, -0.05) is 58.1 Å². The van der Waals surface area contributed by atoms with Gasteiger partial charge in [0.05, 0.1) is 10.8 Å². The fourth-order valence-corrected chi connectivity index (χ4v) is 7.22. The van der Waals surface area contributed by atoms with Crippen molar-refractivity contribution in [2.75, 3.05) is 0 Å². The lowest BCUT2D eigenvalue weighted by Crippen LogP contribution is -2.36. The smallest absolute Gasteiger partial charge is 0.321 e. The summed E-state index contributed by atoms with van der Waals surface area (Å²) in [6.07, 6.45) is 5.29. The molecule has 4 atom stereocenters. The van der Waals surface area contributed by atoms with Crippen LogP contribution in [0.15, 0.2) is 48.6 Å². The van der Waals surface area contributed by atoms with Crippen molar-refractivity contribution in [2.45, 2.75) is 66.2 Å². The van der Waals surface area contributed by atoms with E-state index in [1.54, 1.807) is 24.3 Å². The Morgan fingerprint density at radius 3 is 1.56 bits per heavy atom.